The van der Waals surface area contributed by atoms with E-state index < -0.39 is 0 Å². The molecule has 0 aliphatic carbocycles. The van der Waals surface area contributed by atoms with E-state index in [1.165, 1.54) is 0 Å². The van der Waals surface area contributed by atoms with Gasteiger partial charge in [-0.2, -0.15) is 0 Å². The van der Waals surface area contributed by atoms with Gasteiger partial charge in [0.15, 0.2) is 0 Å². The Kier molecular flexibility index (Phi) is 4.83. The van der Waals surface area contributed by atoms with Gasteiger partial charge in [0.1, 0.15) is 29.0 Å². The summed E-state index contributed by atoms with van der Waals surface area (Å²) in [6.07, 6.45) is 0.807. The smallest absolute Gasteiger partial charge is 0.135 e. The number of rotatable bonds is 6. The Morgan fingerprint density at radius 1 is 1.14 bits per heavy atom. The largest absolute Gasteiger partial charge is 0.464 e. The molecule has 0 saturated heterocycles. The molecule has 21 heavy (non-hydrogen) atoms. The van der Waals surface area contributed by atoms with Crippen LogP contribution in [0.2, 0.25) is 0 Å². The molecule has 0 aliphatic heterocycles. The van der Waals surface area contributed by atoms with Crippen molar-refractivity contribution in [3.05, 3.63) is 35.0 Å². The summed E-state index contributed by atoms with van der Waals surface area (Å²) in [4.78, 5) is 9.14. The number of furan rings is 1. The maximum absolute atomic E-state index is 5.67. The van der Waals surface area contributed by atoms with Crippen molar-refractivity contribution in [1.82, 2.24) is 9.97 Å². The first-order chi connectivity index (χ1) is 10.0. The molecule has 0 aromatic carbocycles. The highest BCUT2D eigenvalue weighted by atomic mass is 16.3. The topological polar surface area (TPSA) is 63.0 Å². The minimum absolute atomic E-state index is 0.0616. The monoisotopic (exact) mass is 288 g/mol. The summed E-state index contributed by atoms with van der Waals surface area (Å²) >= 11 is 0. The van der Waals surface area contributed by atoms with Gasteiger partial charge in [0.05, 0.1) is 6.04 Å². The van der Waals surface area contributed by atoms with E-state index in [0.29, 0.717) is 0 Å². The van der Waals surface area contributed by atoms with Crippen molar-refractivity contribution in [2.24, 2.45) is 0 Å². The second-order valence-corrected chi connectivity index (χ2v) is 5.16. The summed E-state index contributed by atoms with van der Waals surface area (Å²) in [5, 5.41) is 6.72. The lowest BCUT2D eigenvalue weighted by Gasteiger charge is -2.17. The highest BCUT2D eigenvalue weighted by Crippen LogP contribution is 2.25. The van der Waals surface area contributed by atoms with Crippen molar-refractivity contribution >= 4 is 11.6 Å². The van der Waals surface area contributed by atoms with E-state index >= 15 is 0 Å². The fraction of sp³-hybridized carbons (Fsp3) is 0.500. The molecule has 114 valence electrons. The molecule has 0 saturated carbocycles. The molecule has 2 N–H and O–H groups in total. The number of aryl methyl sites for hydroxylation is 2. The summed E-state index contributed by atoms with van der Waals surface area (Å²) in [6.45, 7) is 11.0. The van der Waals surface area contributed by atoms with E-state index in [9.17, 15) is 0 Å². The average molecular weight is 288 g/mol. The van der Waals surface area contributed by atoms with Gasteiger partial charge in [0.25, 0.3) is 0 Å². The van der Waals surface area contributed by atoms with Crippen LogP contribution in [0.3, 0.4) is 0 Å². The SMILES string of the molecule is CCNc1nc(CC)nc(NC(C)c2ccc(C)o2)c1C. The van der Waals surface area contributed by atoms with Crippen LogP contribution in [-0.2, 0) is 6.42 Å². The molecule has 5 nitrogen and oxygen atoms in total. The second-order valence-electron chi connectivity index (χ2n) is 5.16. The summed E-state index contributed by atoms with van der Waals surface area (Å²) in [5.74, 6) is 4.42. The lowest BCUT2D eigenvalue weighted by Crippen LogP contribution is -2.13. The molecule has 0 aliphatic rings. The second kappa shape index (κ2) is 6.61. The molecule has 1 unspecified atom stereocenters. The average Bonchev–Trinajstić information content (AvgIpc) is 2.90. The van der Waals surface area contributed by atoms with Gasteiger partial charge in [-0.3, -0.25) is 0 Å². The summed E-state index contributed by atoms with van der Waals surface area (Å²) < 4.78 is 5.67. The highest BCUT2D eigenvalue weighted by Gasteiger charge is 2.15. The van der Waals surface area contributed by atoms with Gasteiger partial charge in [-0.05, 0) is 39.8 Å². The normalized spacial score (nSPS) is 12.2. The third-order valence-electron chi connectivity index (χ3n) is 3.39. The Morgan fingerprint density at radius 3 is 2.43 bits per heavy atom. The van der Waals surface area contributed by atoms with Gasteiger partial charge in [-0.15, -0.1) is 0 Å². The fourth-order valence-electron chi connectivity index (χ4n) is 2.16. The zero-order chi connectivity index (χ0) is 15.4. The van der Waals surface area contributed by atoms with Gasteiger partial charge in [0, 0.05) is 18.5 Å². The van der Waals surface area contributed by atoms with Crippen LogP contribution < -0.4 is 10.6 Å². The summed E-state index contributed by atoms with van der Waals surface area (Å²) in [7, 11) is 0. The van der Waals surface area contributed by atoms with E-state index in [1.54, 1.807) is 0 Å². The van der Waals surface area contributed by atoms with Crippen LogP contribution in [0.1, 0.15) is 49.7 Å². The van der Waals surface area contributed by atoms with E-state index in [-0.39, 0.29) is 6.04 Å². The van der Waals surface area contributed by atoms with Crippen molar-refractivity contribution < 1.29 is 4.42 Å². The number of hydrogen-bond donors (Lipinski definition) is 2. The van der Waals surface area contributed by atoms with Crippen LogP contribution in [0.15, 0.2) is 16.5 Å². The molecular formula is C16H24N4O. The molecule has 0 radical (unpaired) electrons. The molecule has 0 fully saturated rings. The van der Waals surface area contributed by atoms with Crippen LogP contribution in [0.5, 0.6) is 0 Å². The van der Waals surface area contributed by atoms with Crippen molar-refractivity contribution in [3.63, 3.8) is 0 Å². The summed E-state index contributed by atoms with van der Waals surface area (Å²) in [5.41, 5.74) is 1.03. The lowest BCUT2D eigenvalue weighted by molar-refractivity contribution is 0.466. The van der Waals surface area contributed by atoms with Crippen molar-refractivity contribution in [2.45, 2.75) is 47.1 Å². The number of nitrogens with one attached hydrogen (secondary N) is 2. The Balaban J connectivity index is 2.27. The maximum Gasteiger partial charge on any atom is 0.135 e. The highest BCUT2D eigenvalue weighted by molar-refractivity contribution is 5.57. The van der Waals surface area contributed by atoms with Crippen LogP contribution in [-0.4, -0.2) is 16.5 Å². The third-order valence-corrected chi connectivity index (χ3v) is 3.39. The first-order valence-corrected chi connectivity index (χ1v) is 7.49. The number of aromatic nitrogens is 2. The van der Waals surface area contributed by atoms with Gasteiger partial charge < -0.3 is 15.1 Å². The third kappa shape index (κ3) is 3.54. The van der Waals surface area contributed by atoms with Crippen molar-refractivity contribution in [3.8, 4) is 0 Å². The first kappa shape index (κ1) is 15.4. The molecule has 0 bridgehead atoms. The molecule has 2 heterocycles. The van der Waals surface area contributed by atoms with E-state index in [1.807, 2.05) is 26.0 Å². The van der Waals surface area contributed by atoms with Gasteiger partial charge in [-0.25, -0.2) is 9.97 Å². The van der Waals surface area contributed by atoms with E-state index in [4.69, 9.17) is 4.42 Å². The number of nitrogens with zero attached hydrogens (tertiary/aromatic N) is 2. The molecule has 5 heteroatoms. The quantitative estimate of drug-likeness (QED) is 0.845. The number of hydrogen-bond acceptors (Lipinski definition) is 5. The molecule has 2 aromatic heterocycles. The Hall–Kier alpha value is -2.04. The van der Waals surface area contributed by atoms with Gasteiger partial charge in [-0.1, -0.05) is 6.92 Å². The molecule has 0 amide bonds. The summed E-state index contributed by atoms with van der Waals surface area (Å²) in [6, 6.07) is 4.03. The minimum atomic E-state index is 0.0616. The Morgan fingerprint density at radius 2 is 1.86 bits per heavy atom. The van der Waals surface area contributed by atoms with E-state index in [2.05, 4.69) is 41.4 Å². The first-order valence-electron chi connectivity index (χ1n) is 7.49. The van der Waals surface area contributed by atoms with Gasteiger partial charge >= 0.3 is 0 Å². The molecule has 2 rings (SSSR count). The number of anilines is 2. The van der Waals surface area contributed by atoms with Crippen LogP contribution >= 0.6 is 0 Å². The molecule has 0 spiro atoms. The predicted octanol–water partition coefficient (Wildman–Crippen LogP) is 3.85. The van der Waals surface area contributed by atoms with Crippen LogP contribution in [0, 0.1) is 13.8 Å². The van der Waals surface area contributed by atoms with Crippen molar-refractivity contribution in [1.29, 1.82) is 0 Å². The van der Waals surface area contributed by atoms with Gasteiger partial charge in [0.2, 0.25) is 0 Å². The Bertz CT molecular complexity index is 606. The zero-order valence-electron chi connectivity index (χ0n) is 13.4. The molecule has 2 aromatic rings. The van der Waals surface area contributed by atoms with Crippen molar-refractivity contribution in [2.75, 3.05) is 17.2 Å². The fourth-order valence-corrected chi connectivity index (χ4v) is 2.16. The molecular weight excluding hydrogens is 264 g/mol. The van der Waals surface area contributed by atoms with E-state index in [0.717, 1.165) is 47.5 Å². The molecule has 1 atom stereocenters. The van der Waals surface area contributed by atoms with Crippen LogP contribution in [0.25, 0.3) is 0 Å². The maximum atomic E-state index is 5.67. The van der Waals surface area contributed by atoms with Crippen LogP contribution in [0.4, 0.5) is 11.6 Å². The minimum Gasteiger partial charge on any atom is -0.464 e. The predicted molar refractivity (Wildman–Crippen MR) is 85.8 cm³/mol. The Labute approximate surface area is 126 Å². The zero-order valence-corrected chi connectivity index (χ0v) is 13.4. The lowest BCUT2D eigenvalue weighted by atomic mass is 10.2. The standard InChI is InChI=1S/C16H24N4O/c1-6-14-19-15(17-7-2)11(4)16(20-14)18-12(5)13-9-8-10(3)21-13/h8-9,12H,6-7H2,1-5H3,(H2,17,18,19,20).